The van der Waals surface area contributed by atoms with Gasteiger partial charge >= 0.3 is 5.69 Å². The van der Waals surface area contributed by atoms with Crippen molar-refractivity contribution in [3.05, 3.63) is 33.9 Å². The first-order valence-electron chi connectivity index (χ1n) is 5.74. The average Bonchev–Trinajstić information content (AvgIpc) is 2.38. The van der Waals surface area contributed by atoms with Crippen LogP contribution in [0.2, 0.25) is 0 Å². The lowest BCUT2D eigenvalue weighted by molar-refractivity contribution is -0.385. The molecule has 1 rings (SSSR count). The minimum atomic E-state index is -0.549. The normalized spacial score (nSPS) is 10.1. The first-order valence-corrected chi connectivity index (χ1v) is 6.86. The van der Waals surface area contributed by atoms with Gasteiger partial charge in [0.25, 0.3) is 5.91 Å². The van der Waals surface area contributed by atoms with E-state index in [4.69, 9.17) is 4.74 Å². The molecule has 0 aliphatic heterocycles. The fourth-order valence-corrected chi connectivity index (χ4v) is 2.10. The molecule has 7 heteroatoms. The van der Waals surface area contributed by atoms with Crippen LogP contribution in [0.15, 0.2) is 18.2 Å². The summed E-state index contributed by atoms with van der Waals surface area (Å²) in [6.07, 6.45) is 0. The number of carbonyl (C=O) groups is 1. The van der Waals surface area contributed by atoms with Crippen LogP contribution in [0.25, 0.3) is 0 Å². The molecule has 104 valence electrons. The lowest BCUT2D eigenvalue weighted by atomic mass is 10.1. The molecular weight excluding hydrogens is 316 g/mol. The molecule has 1 aromatic carbocycles. The van der Waals surface area contributed by atoms with Crippen LogP contribution >= 0.6 is 15.9 Å². The largest absolute Gasteiger partial charge is 0.487 e. The maximum Gasteiger partial charge on any atom is 0.311 e. The number of amides is 1. The number of benzene rings is 1. The number of carbonyl (C=O) groups excluding carboxylic acids is 1. The zero-order chi connectivity index (χ0) is 14.4. The highest BCUT2D eigenvalue weighted by atomic mass is 79.9. The minimum absolute atomic E-state index is 0.0291. The molecule has 0 saturated heterocycles. The van der Waals surface area contributed by atoms with Crippen LogP contribution in [-0.2, 0) is 0 Å². The van der Waals surface area contributed by atoms with Crippen LogP contribution in [0.4, 0.5) is 5.69 Å². The molecule has 0 atom stereocenters. The summed E-state index contributed by atoms with van der Waals surface area (Å²) in [6, 6.07) is 4.34. The van der Waals surface area contributed by atoms with Gasteiger partial charge in [-0.15, -0.1) is 0 Å². The number of ether oxygens (including phenoxy) is 1. The van der Waals surface area contributed by atoms with Gasteiger partial charge < -0.3 is 9.64 Å². The molecule has 0 fully saturated rings. The highest BCUT2D eigenvalue weighted by Crippen LogP contribution is 2.31. The van der Waals surface area contributed by atoms with Gasteiger partial charge in [-0.2, -0.15) is 0 Å². The van der Waals surface area contributed by atoms with E-state index in [0.717, 1.165) is 0 Å². The summed E-state index contributed by atoms with van der Waals surface area (Å²) in [7, 11) is 1.64. The second kappa shape index (κ2) is 7.08. The fourth-order valence-electron chi connectivity index (χ4n) is 1.57. The molecule has 19 heavy (non-hydrogen) atoms. The fraction of sp³-hybridized carbons (Fsp3) is 0.417. The summed E-state index contributed by atoms with van der Waals surface area (Å²) < 4.78 is 5.28. The van der Waals surface area contributed by atoms with Gasteiger partial charge in [0.15, 0.2) is 0 Å². The molecule has 0 saturated carbocycles. The highest BCUT2D eigenvalue weighted by Gasteiger charge is 2.24. The van der Waals surface area contributed by atoms with Crippen molar-refractivity contribution in [2.45, 2.75) is 6.92 Å². The van der Waals surface area contributed by atoms with Crippen LogP contribution < -0.4 is 4.74 Å². The summed E-state index contributed by atoms with van der Waals surface area (Å²) in [5.41, 5.74) is 0.0134. The average molecular weight is 331 g/mol. The second-order valence-corrected chi connectivity index (χ2v) is 4.55. The summed E-state index contributed by atoms with van der Waals surface area (Å²) in [4.78, 5) is 24.1. The maximum atomic E-state index is 12.2. The first kappa shape index (κ1) is 15.4. The smallest absolute Gasteiger partial charge is 0.311 e. The van der Waals surface area contributed by atoms with E-state index in [9.17, 15) is 14.9 Å². The lowest BCUT2D eigenvalue weighted by Gasteiger charge is -2.17. The van der Waals surface area contributed by atoms with Gasteiger partial charge in [0.1, 0.15) is 0 Å². The van der Waals surface area contributed by atoms with Crippen LogP contribution in [0.1, 0.15) is 17.3 Å². The molecule has 0 aromatic heterocycles. The van der Waals surface area contributed by atoms with Crippen molar-refractivity contribution < 1.29 is 14.5 Å². The van der Waals surface area contributed by atoms with E-state index in [-0.39, 0.29) is 29.5 Å². The van der Waals surface area contributed by atoms with Crippen molar-refractivity contribution in [2.75, 3.05) is 25.5 Å². The third-order valence-electron chi connectivity index (χ3n) is 2.48. The number of nitrogens with zero attached hydrogens (tertiary/aromatic N) is 2. The molecule has 0 aliphatic carbocycles. The van der Waals surface area contributed by atoms with E-state index < -0.39 is 4.92 Å². The van der Waals surface area contributed by atoms with Crippen LogP contribution in [0, 0.1) is 10.1 Å². The van der Waals surface area contributed by atoms with E-state index in [1.807, 2.05) is 0 Å². The summed E-state index contributed by atoms with van der Waals surface area (Å²) in [6.45, 7) is 2.48. The monoisotopic (exact) mass is 330 g/mol. The Morgan fingerprint density at radius 3 is 2.74 bits per heavy atom. The summed E-state index contributed by atoms with van der Waals surface area (Å²) >= 11 is 3.24. The minimum Gasteiger partial charge on any atom is -0.487 e. The zero-order valence-corrected chi connectivity index (χ0v) is 12.3. The van der Waals surface area contributed by atoms with E-state index >= 15 is 0 Å². The third-order valence-corrected chi connectivity index (χ3v) is 2.83. The van der Waals surface area contributed by atoms with Crippen LogP contribution in [0.5, 0.6) is 5.75 Å². The van der Waals surface area contributed by atoms with Gasteiger partial charge in [-0.25, -0.2) is 0 Å². The van der Waals surface area contributed by atoms with Crippen molar-refractivity contribution in [3.8, 4) is 5.75 Å². The van der Waals surface area contributed by atoms with Gasteiger partial charge in [0.2, 0.25) is 5.75 Å². The van der Waals surface area contributed by atoms with E-state index in [1.165, 1.54) is 23.1 Å². The van der Waals surface area contributed by atoms with Crippen molar-refractivity contribution in [1.29, 1.82) is 0 Å². The molecule has 0 heterocycles. The first-order chi connectivity index (χ1) is 9.02. The third kappa shape index (κ3) is 3.66. The second-order valence-electron chi connectivity index (χ2n) is 3.76. The van der Waals surface area contributed by atoms with Gasteiger partial charge in [0.05, 0.1) is 17.1 Å². The maximum absolute atomic E-state index is 12.2. The Morgan fingerprint density at radius 2 is 2.21 bits per heavy atom. The molecule has 0 radical (unpaired) electrons. The zero-order valence-electron chi connectivity index (χ0n) is 10.8. The number of para-hydroxylation sites is 1. The van der Waals surface area contributed by atoms with E-state index in [2.05, 4.69) is 15.9 Å². The Bertz CT molecular complexity index is 479. The molecule has 0 unspecified atom stereocenters. The van der Waals surface area contributed by atoms with Gasteiger partial charge in [-0.05, 0) is 13.0 Å². The SMILES string of the molecule is CCOc1c(C(=O)N(C)CCBr)cccc1[N+](=O)[O-]. The van der Waals surface area contributed by atoms with Gasteiger partial charge in [-0.3, -0.25) is 14.9 Å². The topological polar surface area (TPSA) is 72.7 Å². The number of alkyl halides is 1. The summed E-state index contributed by atoms with van der Waals surface area (Å²) in [5.74, 6) is -0.270. The molecule has 1 amide bonds. The number of nitro benzene ring substituents is 1. The van der Waals surface area contributed by atoms with Crippen molar-refractivity contribution in [2.24, 2.45) is 0 Å². The quantitative estimate of drug-likeness (QED) is 0.456. The van der Waals surface area contributed by atoms with Gasteiger partial charge in [-0.1, -0.05) is 22.0 Å². The number of rotatable bonds is 6. The number of nitro groups is 1. The van der Waals surface area contributed by atoms with Crippen molar-refractivity contribution in [1.82, 2.24) is 4.90 Å². The number of hydrogen-bond donors (Lipinski definition) is 0. The molecule has 0 aliphatic rings. The Labute approximate surface area is 119 Å². The standard InChI is InChI=1S/C12H15BrN2O4/c1-3-19-11-9(12(16)14(2)8-7-13)5-4-6-10(11)15(17)18/h4-6H,3,7-8H2,1-2H3. The molecular formula is C12H15BrN2O4. The number of halogens is 1. The molecule has 0 spiro atoms. The number of hydrogen-bond acceptors (Lipinski definition) is 4. The predicted molar refractivity (Wildman–Crippen MR) is 75.0 cm³/mol. The summed E-state index contributed by atoms with van der Waals surface area (Å²) in [5, 5.41) is 11.6. The molecule has 0 bridgehead atoms. The van der Waals surface area contributed by atoms with Crippen molar-refractivity contribution in [3.63, 3.8) is 0 Å². The lowest BCUT2D eigenvalue weighted by Crippen LogP contribution is -2.29. The van der Waals surface area contributed by atoms with Crippen LogP contribution in [-0.4, -0.2) is 41.3 Å². The molecule has 0 N–H and O–H groups in total. The Morgan fingerprint density at radius 1 is 1.53 bits per heavy atom. The molecule has 6 nitrogen and oxygen atoms in total. The predicted octanol–water partition coefficient (Wildman–Crippen LogP) is 2.46. The Kier molecular flexibility index (Phi) is 5.75. The Balaban J connectivity index is 3.22. The van der Waals surface area contributed by atoms with Crippen molar-refractivity contribution >= 4 is 27.5 Å². The van der Waals surface area contributed by atoms with Crippen LogP contribution in [0.3, 0.4) is 0 Å². The highest BCUT2D eigenvalue weighted by molar-refractivity contribution is 9.09. The van der Waals surface area contributed by atoms with E-state index in [1.54, 1.807) is 14.0 Å². The van der Waals surface area contributed by atoms with Gasteiger partial charge in [0, 0.05) is 25.0 Å². The molecule has 1 aromatic rings. The van der Waals surface area contributed by atoms with E-state index in [0.29, 0.717) is 11.9 Å². The Hall–Kier alpha value is -1.63.